The van der Waals surface area contributed by atoms with E-state index in [1.165, 1.54) is 24.3 Å². The van der Waals surface area contributed by atoms with Gasteiger partial charge in [0.15, 0.2) is 0 Å². The van der Waals surface area contributed by atoms with Gasteiger partial charge >= 0.3 is 0 Å². The van der Waals surface area contributed by atoms with Crippen molar-refractivity contribution in [2.45, 2.75) is 13.3 Å². The Kier molecular flexibility index (Phi) is 6.67. The third kappa shape index (κ3) is 4.79. The number of ether oxygens (including phenoxy) is 1. The highest BCUT2D eigenvalue weighted by Crippen LogP contribution is 2.23. The molecule has 26 heavy (non-hydrogen) atoms. The van der Waals surface area contributed by atoms with Crippen molar-refractivity contribution in [1.29, 1.82) is 0 Å². The molecule has 8 nitrogen and oxygen atoms in total. The maximum Gasteiger partial charge on any atom is 0.282 e. The first-order valence-electron chi connectivity index (χ1n) is 7.70. The van der Waals surface area contributed by atoms with Crippen molar-refractivity contribution in [1.82, 2.24) is 10.9 Å². The average Bonchev–Trinajstić information content (AvgIpc) is 2.64. The van der Waals surface area contributed by atoms with Crippen LogP contribution in [0.2, 0.25) is 0 Å². The smallest absolute Gasteiger partial charge is 0.282 e. The lowest BCUT2D eigenvalue weighted by Crippen LogP contribution is -2.42. The first kappa shape index (κ1) is 19.4. The van der Waals surface area contributed by atoms with Crippen LogP contribution in [0.1, 0.15) is 34.1 Å². The molecule has 2 rings (SSSR count). The highest BCUT2D eigenvalue weighted by molar-refractivity contribution is 9.10. The number of carbonyl (C=O) groups excluding carboxylic acids is 2. The largest absolute Gasteiger partial charge is 0.493 e. The minimum Gasteiger partial charge on any atom is -0.493 e. The molecule has 0 atom stereocenters. The molecular weight excluding hydrogens is 406 g/mol. The molecule has 0 heterocycles. The van der Waals surface area contributed by atoms with Crippen LogP contribution < -0.4 is 15.6 Å². The molecule has 0 fully saturated rings. The Hall–Kier alpha value is -2.94. The number of amides is 2. The quantitative estimate of drug-likeness (QED) is 0.549. The van der Waals surface area contributed by atoms with E-state index in [4.69, 9.17) is 4.74 Å². The summed E-state index contributed by atoms with van der Waals surface area (Å²) < 4.78 is 6.18. The standard InChI is InChI=1S/C17H16BrN3O5/c1-2-9-26-15-8-7-11(18)10-13(15)17(23)20-19-16(22)12-5-3-4-6-14(12)21(24)25/h3-8,10H,2,9H2,1H3,(H,19,22)(H,20,23). The van der Waals surface area contributed by atoms with E-state index in [1.807, 2.05) is 6.92 Å². The molecule has 136 valence electrons. The van der Waals surface area contributed by atoms with Gasteiger partial charge in [0, 0.05) is 10.5 Å². The number of nitrogens with zero attached hydrogens (tertiary/aromatic N) is 1. The lowest BCUT2D eigenvalue weighted by Gasteiger charge is -2.12. The second-order valence-corrected chi connectivity index (χ2v) is 6.09. The van der Waals surface area contributed by atoms with E-state index in [-0.39, 0.29) is 16.8 Å². The Bertz CT molecular complexity index is 841. The summed E-state index contributed by atoms with van der Waals surface area (Å²) in [5, 5.41) is 11.0. The van der Waals surface area contributed by atoms with E-state index >= 15 is 0 Å². The van der Waals surface area contributed by atoms with Gasteiger partial charge in [0.2, 0.25) is 0 Å². The molecule has 2 aromatic rings. The molecular formula is C17H16BrN3O5. The van der Waals surface area contributed by atoms with Gasteiger partial charge in [-0.05, 0) is 30.7 Å². The van der Waals surface area contributed by atoms with Gasteiger partial charge in [0.05, 0.1) is 17.1 Å². The predicted molar refractivity (Wildman–Crippen MR) is 98.0 cm³/mol. The van der Waals surface area contributed by atoms with Gasteiger partial charge in [-0.15, -0.1) is 0 Å². The topological polar surface area (TPSA) is 111 Å². The first-order valence-corrected chi connectivity index (χ1v) is 8.49. The number of halogens is 1. The molecule has 0 bridgehead atoms. The summed E-state index contributed by atoms with van der Waals surface area (Å²) in [6.07, 6.45) is 0.769. The van der Waals surface area contributed by atoms with Crippen LogP contribution >= 0.6 is 15.9 Å². The summed E-state index contributed by atoms with van der Waals surface area (Å²) in [5.74, 6) is -1.03. The summed E-state index contributed by atoms with van der Waals surface area (Å²) in [5.41, 5.74) is 4.13. The molecule has 0 saturated heterocycles. The van der Waals surface area contributed by atoms with E-state index in [2.05, 4.69) is 26.8 Å². The summed E-state index contributed by atoms with van der Waals surface area (Å²) in [7, 11) is 0. The fourth-order valence-electron chi connectivity index (χ4n) is 2.09. The Morgan fingerprint density at radius 1 is 1.12 bits per heavy atom. The van der Waals surface area contributed by atoms with Crippen molar-refractivity contribution in [3.8, 4) is 5.75 Å². The summed E-state index contributed by atoms with van der Waals surface area (Å²) in [4.78, 5) is 34.9. The molecule has 0 saturated carbocycles. The fourth-order valence-corrected chi connectivity index (χ4v) is 2.45. The van der Waals surface area contributed by atoms with Crippen molar-refractivity contribution < 1.29 is 19.2 Å². The lowest BCUT2D eigenvalue weighted by molar-refractivity contribution is -0.385. The van der Waals surface area contributed by atoms with Gasteiger partial charge in [-0.25, -0.2) is 0 Å². The third-order valence-corrected chi connectivity index (χ3v) is 3.78. The molecule has 0 spiro atoms. The Morgan fingerprint density at radius 3 is 2.42 bits per heavy atom. The van der Waals surface area contributed by atoms with Crippen LogP contribution in [0.15, 0.2) is 46.9 Å². The molecule has 0 aliphatic rings. The molecule has 0 radical (unpaired) electrons. The summed E-state index contributed by atoms with van der Waals surface area (Å²) in [6, 6.07) is 10.4. The van der Waals surface area contributed by atoms with Gasteiger partial charge < -0.3 is 4.74 Å². The van der Waals surface area contributed by atoms with Gasteiger partial charge in [-0.3, -0.25) is 30.6 Å². The zero-order valence-electron chi connectivity index (χ0n) is 13.8. The van der Waals surface area contributed by atoms with E-state index < -0.39 is 16.7 Å². The Morgan fingerprint density at radius 2 is 1.77 bits per heavy atom. The molecule has 0 aliphatic carbocycles. The predicted octanol–water partition coefficient (Wildman–Crippen LogP) is 3.22. The van der Waals surface area contributed by atoms with Gasteiger partial charge in [0.1, 0.15) is 11.3 Å². The van der Waals surface area contributed by atoms with Gasteiger partial charge in [0.25, 0.3) is 17.5 Å². The van der Waals surface area contributed by atoms with Crippen molar-refractivity contribution in [3.05, 3.63) is 68.2 Å². The number of hydrogen-bond donors (Lipinski definition) is 2. The number of hydrogen-bond acceptors (Lipinski definition) is 5. The van der Waals surface area contributed by atoms with Crippen LogP contribution in [0.3, 0.4) is 0 Å². The average molecular weight is 422 g/mol. The maximum atomic E-state index is 12.4. The van der Waals surface area contributed by atoms with Gasteiger partial charge in [-0.1, -0.05) is 35.0 Å². The van der Waals surface area contributed by atoms with E-state index in [0.29, 0.717) is 16.8 Å². The highest BCUT2D eigenvalue weighted by atomic mass is 79.9. The number of benzene rings is 2. The monoisotopic (exact) mass is 421 g/mol. The van der Waals surface area contributed by atoms with E-state index in [0.717, 1.165) is 6.42 Å². The number of nitro benzene ring substituents is 1. The van der Waals surface area contributed by atoms with Crippen molar-refractivity contribution in [2.75, 3.05) is 6.61 Å². The summed E-state index contributed by atoms with van der Waals surface area (Å²) in [6.45, 7) is 2.37. The number of carbonyl (C=O) groups is 2. The third-order valence-electron chi connectivity index (χ3n) is 3.28. The van der Waals surface area contributed by atoms with Crippen LogP contribution in [-0.2, 0) is 0 Å². The molecule has 2 amide bonds. The molecule has 0 aliphatic heterocycles. The minimum atomic E-state index is -0.795. The second-order valence-electron chi connectivity index (χ2n) is 5.17. The number of nitro groups is 1. The number of rotatable bonds is 6. The zero-order valence-corrected chi connectivity index (χ0v) is 15.4. The fraction of sp³-hybridized carbons (Fsp3) is 0.176. The first-order chi connectivity index (χ1) is 12.4. The molecule has 0 aromatic heterocycles. The van der Waals surface area contributed by atoms with Crippen LogP contribution in [0.25, 0.3) is 0 Å². The van der Waals surface area contributed by atoms with Crippen molar-refractivity contribution in [3.63, 3.8) is 0 Å². The summed E-state index contributed by atoms with van der Waals surface area (Å²) >= 11 is 3.28. The molecule has 9 heteroatoms. The molecule has 2 N–H and O–H groups in total. The minimum absolute atomic E-state index is 0.158. The van der Waals surface area contributed by atoms with Gasteiger partial charge in [-0.2, -0.15) is 0 Å². The maximum absolute atomic E-state index is 12.4. The second kappa shape index (κ2) is 8.95. The van der Waals surface area contributed by atoms with E-state index in [1.54, 1.807) is 18.2 Å². The lowest BCUT2D eigenvalue weighted by atomic mass is 10.1. The normalized spacial score (nSPS) is 10.1. The van der Waals surface area contributed by atoms with Crippen LogP contribution in [0, 0.1) is 10.1 Å². The number of nitrogens with one attached hydrogen (secondary N) is 2. The number of hydrazine groups is 1. The zero-order chi connectivity index (χ0) is 19.1. The highest BCUT2D eigenvalue weighted by Gasteiger charge is 2.20. The Balaban J connectivity index is 2.13. The van der Waals surface area contributed by atoms with Crippen LogP contribution in [0.5, 0.6) is 5.75 Å². The molecule has 0 unspecified atom stereocenters. The molecule has 2 aromatic carbocycles. The Labute approximate surface area is 157 Å². The van der Waals surface area contributed by atoms with Crippen molar-refractivity contribution in [2.24, 2.45) is 0 Å². The van der Waals surface area contributed by atoms with Crippen LogP contribution in [0.4, 0.5) is 5.69 Å². The van der Waals surface area contributed by atoms with Crippen LogP contribution in [-0.4, -0.2) is 23.3 Å². The van der Waals surface area contributed by atoms with E-state index in [9.17, 15) is 19.7 Å². The SMILES string of the molecule is CCCOc1ccc(Br)cc1C(=O)NNC(=O)c1ccccc1[N+](=O)[O-]. The van der Waals surface area contributed by atoms with Crippen molar-refractivity contribution >= 4 is 33.4 Å². The number of para-hydroxylation sites is 1.